The Morgan fingerprint density at radius 1 is 1.29 bits per heavy atom. The lowest BCUT2D eigenvalue weighted by atomic mass is 10.2. The van der Waals surface area contributed by atoms with E-state index in [1.807, 2.05) is 12.1 Å². The number of carbonyl (C=O) groups excluding carboxylic acids is 1. The van der Waals surface area contributed by atoms with Crippen LogP contribution in [0.1, 0.15) is 10.4 Å². The van der Waals surface area contributed by atoms with Crippen molar-refractivity contribution in [3.05, 3.63) is 52.4 Å². The molecule has 0 aliphatic carbocycles. The Hall–Kier alpha value is -1.20. The van der Waals surface area contributed by atoms with E-state index in [4.69, 9.17) is 0 Å². The van der Waals surface area contributed by atoms with Crippen LogP contribution < -0.4 is 0 Å². The highest BCUT2D eigenvalue weighted by Gasteiger charge is 2.06. The maximum absolute atomic E-state index is 12.9. The molecule has 5 heteroatoms. The van der Waals surface area contributed by atoms with E-state index < -0.39 is 5.82 Å². The molecule has 0 atom stereocenters. The van der Waals surface area contributed by atoms with Crippen molar-refractivity contribution in [2.45, 2.75) is 9.92 Å². The Kier molecular flexibility index (Phi) is 3.91. The van der Waals surface area contributed by atoms with Gasteiger partial charge in [0.25, 0.3) is 0 Å². The quantitative estimate of drug-likeness (QED) is 0.804. The minimum atomic E-state index is -0.416. The van der Waals surface area contributed by atoms with E-state index in [-0.39, 0.29) is 0 Å². The summed E-state index contributed by atoms with van der Waals surface area (Å²) in [6, 6.07) is 7.81. The fourth-order valence-corrected chi connectivity index (χ4v) is 2.30. The molecule has 0 saturated carbocycles. The van der Waals surface area contributed by atoms with Gasteiger partial charge in [-0.15, -0.1) is 0 Å². The van der Waals surface area contributed by atoms with E-state index in [2.05, 4.69) is 20.9 Å². The largest absolute Gasteiger partial charge is 0.298 e. The minimum Gasteiger partial charge on any atom is -0.298 e. The first-order chi connectivity index (χ1) is 8.19. The van der Waals surface area contributed by atoms with Crippen molar-refractivity contribution in [3.8, 4) is 0 Å². The highest BCUT2D eigenvalue weighted by molar-refractivity contribution is 9.10. The number of rotatable bonds is 3. The molecule has 0 spiro atoms. The van der Waals surface area contributed by atoms with Gasteiger partial charge >= 0.3 is 0 Å². The smallest absolute Gasteiger partial charge is 0.151 e. The molecular formula is C12H7BrFNOS. The number of carbonyl (C=O) groups is 1. The van der Waals surface area contributed by atoms with Crippen LogP contribution in [-0.4, -0.2) is 11.3 Å². The van der Waals surface area contributed by atoms with Gasteiger partial charge in [-0.1, -0.05) is 11.8 Å². The lowest BCUT2D eigenvalue weighted by molar-refractivity contribution is 0.112. The zero-order valence-electron chi connectivity index (χ0n) is 8.56. The van der Waals surface area contributed by atoms with Crippen LogP contribution in [0, 0.1) is 5.82 Å². The van der Waals surface area contributed by atoms with Crippen molar-refractivity contribution >= 4 is 34.0 Å². The Labute approximate surface area is 110 Å². The summed E-state index contributed by atoms with van der Waals surface area (Å²) in [5.74, 6) is -0.416. The fraction of sp³-hybridized carbons (Fsp3) is 0. The Bertz CT molecular complexity index is 545. The third kappa shape index (κ3) is 3.14. The van der Waals surface area contributed by atoms with E-state index in [0.717, 1.165) is 9.50 Å². The standard InChI is InChI=1S/C12H7BrFNOS/c13-9-1-4-12(15-6-9)17-11-3-2-10(14)5-8(11)7-16/h1-7H. The number of benzene rings is 1. The van der Waals surface area contributed by atoms with Crippen LogP contribution in [-0.2, 0) is 0 Å². The summed E-state index contributed by atoms with van der Waals surface area (Å²) >= 11 is 4.62. The lowest BCUT2D eigenvalue weighted by Crippen LogP contribution is -1.88. The predicted octanol–water partition coefficient (Wildman–Crippen LogP) is 3.95. The van der Waals surface area contributed by atoms with E-state index >= 15 is 0 Å². The average Bonchev–Trinajstić information content (AvgIpc) is 2.34. The highest BCUT2D eigenvalue weighted by Crippen LogP contribution is 2.29. The van der Waals surface area contributed by atoms with Crippen LogP contribution in [0.2, 0.25) is 0 Å². The molecule has 0 saturated heterocycles. The molecule has 1 aromatic carbocycles. The number of nitrogens with zero attached hydrogens (tertiary/aromatic N) is 1. The fourth-order valence-electron chi connectivity index (χ4n) is 1.24. The van der Waals surface area contributed by atoms with Crippen molar-refractivity contribution in [2.75, 3.05) is 0 Å². The third-order valence-electron chi connectivity index (χ3n) is 2.01. The van der Waals surface area contributed by atoms with Crippen LogP contribution in [0.5, 0.6) is 0 Å². The lowest BCUT2D eigenvalue weighted by Gasteiger charge is -2.03. The zero-order valence-corrected chi connectivity index (χ0v) is 11.0. The first kappa shape index (κ1) is 12.3. The highest BCUT2D eigenvalue weighted by atomic mass is 79.9. The SMILES string of the molecule is O=Cc1cc(F)ccc1Sc1ccc(Br)cn1. The van der Waals surface area contributed by atoms with Gasteiger partial charge in [0.1, 0.15) is 10.8 Å². The molecule has 0 N–H and O–H groups in total. The van der Waals surface area contributed by atoms with Gasteiger partial charge in [0, 0.05) is 21.1 Å². The maximum atomic E-state index is 12.9. The number of hydrogen-bond acceptors (Lipinski definition) is 3. The van der Waals surface area contributed by atoms with Crippen molar-refractivity contribution in [1.82, 2.24) is 4.98 Å². The van der Waals surface area contributed by atoms with Crippen LogP contribution in [0.15, 0.2) is 50.9 Å². The predicted molar refractivity (Wildman–Crippen MR) is 67.8 cm³/mol. The second-order valence-electron chi connectivity index (χ2n) is 3.22. The van der Waals surface area contributed by atoms with Gasteiger partial charge in [-0.3, -0.25) is 4.79 Å². The summed E-state index contributed by atoms with van der Waals surface area (Å²) < 4.78 is 13.8. The van der Waals surface area contributed by atoms with Gasteiger partial charge in [0.05, 0.1) is 0 Å². The molecule has 86 valence electrons. The van der Waals surface area contributed by atoms with E-state index in [0.29, 0.717) is 16.7 Å². The molecule has 1 heterocycles. The van der Waals surface area contributed by atoms with Crippen molar-refractivity contribution < 1.29 is 9.18 Å². The van der Waals surface area contributed by atoms with Crippen LogP contribution in [0.3, 0.4) is 0 Å². The minimum absolute atomic E-state index is 0.333. The third-order valence-corrected chi connectivity index (χ3v) is 3.52. The van der Waals surface area contributed by atoms with Gasteiger partial charge < -0.3 is 0 Å². The van der Waals surface area contributed by atoms with Crippen LogP contribution >= 0.6 is 27.7 Å². The Balaban J connectivity index is 2.29. The first-order valence-electron chi connectivity index (χ1n) is 4.73. The number of halogens is 2. The molecule has 0 aliphatic heterocycles. The summed E-state index contributed by atoms with van der Waals surface area (Å²) in [4.78, 5) is 15.7. The molecule has 0 aliphatic rings. The molecule has 1 aromatic heterocycles. The summed E-state index contributed by atoms with van der Waals surface area (Å²) in [6.07, 6.45) is 2.32. The molecule has 2 rings (SSSR count). The summed E-state index contributed by atoms with van der Waals surface area (Å²) in [7, 11) is 0. The molecular weight excluding hydrogens is 305 g/mol. The monoisotopic (exact) mass is 311 g/mol. The molecule has 0 amide bonds. The normalized spacial score (nSPS) is 10.2. The van der Waals surface area contributed by atoms with Gasteiger partial charge in [-0.25, -0.2) is 9.37 Å². The Morgan fingerprint density at radius 3 is 2.76 bits per heavy atom. The summed E-state index contributed by atoms with van der Waals surface area (Å²) in [6.45, 7) is 0. The molecule has 0 unspecified atom stereocenters. The molecule has 2 aromatic rings. The van der Waals surface area contributed by atoms with Crippen LogP contribution in [0.4, 0.5) is 4.39 Å². The number of pyridine rings is 1. The second-order valence-corrected chi connectivity index (χ2v) is 5.19. The summed E-state index contributed by atoms with van der Waals surface area (Å²) in [5, 5.41) is 0.753. The second kappa shape index (κ2) is 5.42. The summed E-state index contributed by atoms with van der Waals surface area (Å²) in [5.41, 5.74) is 0.333. The molecule has 17 heavy (non-hydrogen) atoms. The van der Waals surface area contributed by atoms with Crippen molar-refractivity contribution in [3.63, 3.8) is 0 Å². The van der Waals surface area contributed by atoms with Crippen LogP contribution in [0.25, 0.3) is 0 Å². The molecule has 0 radical (unpaired) electrons. The van der Waals surface area contributed by atoms with E-state index in [1.54, 1.807) is 12.3 Å². The molecule has 2 nitrogen and oxygen atoms in total. The van der Waals surface area contributed by atoms with Gasteiger partial charge in [0.15, 0.2) is 6.29 Å². The number of aldehydes is 1. The maximum Gasteiger partial charge on any atom is 0.151 e. The van der Waals surface area contributed by atoms with Crippen molar-refractivity contribution in [1.29, 1.82) is 0 Å². The number of hydrogen-bond donors (Lipinski definition) is 0. The van der Waals surface area contributed by atoms with E-state index in [1.165, 1.54) is 23.9 Å². The topological polar surface area (TPSA) is 30.0 Å². The van der Waals surface area contributed by atoms with Gasteiger partial charge in [0.2, 0.25) is 0 Å². The zero-order chi connectivity index (χ0) is 12.3. The number of aromatic nitrogens is 1. The molecule has 0 fully saturated rings. The Morgan fingerprint density at radius 2 is 2.12 bits per heavy atom. The van der Waals surface area contributed by atoms with E-state index in [9.17, 15) is 9.18 Å². The van der Waals surface area contributed by atoms with Crippen molar-refractivity contribution in [2.24, 2.45) is 0 Å². The first-order valence-corrected chi connectivity index (χ1v) is 6.34. The average molecular weight is 312 g/mol. The van der Waals surface area contributed by atoms with Gasteiger partial charge in [-0.2, -0.15) is 0 Å². The molecule has 0 bridgehead atoms. The van der Waals surface area contributed by atoms with Gasteiger partial charge in [-0.05, 0) is 46.3 Å².